The maximum Gasteiger partial charge on any atom is 0.256 e. The van der Waals surface area contributed by atoms with Crippen LogP contribution in [0.15, 0.2) is 61.2 Å². The minimum absolute atomic E-state index is 0.175. The number of aromatic amines is 1. The number of aryl methyl sites for hydroxylation is 1. The molecule has 0 aliphatic carbocycles. The topological polar surface area (TPSA) is 73.4 Å². The second kappa shape index (κ2) is 9.16. The van der Waals surface area contributed by atoms with Crippen molar-refractivity contribution in [3.8, 4) is 0 Å². The van der Waals surface area contributed by atoms with Gasteiger partial charge >= 0.3 is 0 Å². The molecule has 0 fully saturated rings. The number of carbonyl (C=O) groups excluding carboxylic acids is 2. The molecule has 0 saturated heterocycles. The van der Waals surface area contributed by atoms with E-state index in [4.69, 9.17) is 23.2 Å². The maximum absolute atomic E-state index is 14.3. The van der Waals surface area contributed by atoms with Crippen LogP contribution in [0.2, 0.25) is 10.0 Å². The van der Waals surface area contributed by atoms with Crippen LogP contribution in [0.3, 0.4) is 0 Å². The van der Waals surface area contributed by atoms with E-state index in [9.17, 15) is 14.7 Å². The molecular formula is C29H24Cl2N2O3. The van der Waals surface area contributed by atoms with Crippen LogP contribution in [0.4, 0.5) is 0 Å². The standard InChI is InChI=1S/C29H24Cl2N2O3/c1-15-11-21(17(3)35)23(13-25(15)31)29(36)33-18(14-34)12-22-20-7-4-5-10-26(20)32-27(22)28(33)19-8-6-9-24(30)16(19)2/h4-11,13-14,18,28,32,35H,3,12H2,1-2H3. The molecular weight excluding hydrogens is 495 g/mol. The monoisotopic (exact) mass is 518 g/mol. The highest BCUT2D eigenvalue weighted by molar-refractivity contribution is 6.32. The molecule has 3 aromatic carbocycles. The van der Waals surface area contributed by atoms with E-state index in [1.54, 1.807) is 24.0 Å². The summed E-state index contributed by atoms with van der Waals surface area (Å²) in [4.78, 5) is 31.9. The van der Waals surface area contributed by atoms with Crippen molar-refractivity contribution in [3.05, 3.63) is 110 Å². The first kappa shape index (κ1) is 24.2. The summed E-state index contributed by atoms with van der Waals surface area (Å²) in [5.41, 5.74) is 5.51. The van der Waals surface area contributed by atoms with E-state index < -0.39 is 18.0 Å². The average Bonchev–Trinajstić information content (AvgIpc) is 3.24. The minimum atomic E-state index is -0.757. The van der Waals surface area contributed by atoms with Gasteiger partial charge in [-0.25, -0.2) is 0 Å². The van der Waals surface area contributed by atoms with Gasteiger partial charge in [0.1, 0.15) is 12.0 Å². The van der Waals surface area contributed by atoms with Crippen LogP contribution >= 0.6 is 23.2 Å². The van der Waals surface area contributed by atoms with E-state index in [-0.39, 0.29) is 16.9 Å². The minimum Gasteiger partial charge on any atom is -0.508 e. The Kier molecular flexibility index (Phi) is 6.15. The van der Waals surface area contributed by atoms with Crippen molar-refractivity contribution < 1.29 is 14.7 Å². The van der Waals surface area contributed by atoms with Gasteiger partial charge in [-0.2, -0.15) is 0 Å². The quantitative estimate of drug-likeness (QED) is 0.226. The summed E-state index contributed by atoms with van der Waals surface area (Å²) in [7, 11) is 0. The zero-order valence-electron chi connectivity index (χ0n) is 19.8. The highest BCUT2D eigenvalue weighted by atomic mass is 35.5. The Balaban J connectivity index is 1.79. The van der Waals surface area contributed by atoms with Crippen LogP contribution in [0.5, 0.6) is 0 Å². The number of aromatic nitrogens is 1. The van der Waals surface area contributed by atoms with Crippen LogP contribution in [0.25, 0.3) is 16.7 Å². The van der Waals surface area contributed by atoms with Gasteiger partial charge in [0.15, 0.2) is 0 Å². The molecule has 1 amide bonds. The summed E-state index contributed by atoms with van der Waals surface area (Å²) in [6.07, 6.45) is 1.15. The summed E-state index contributed by atoms with van der Waals surface area (Å²) < 4.78 is 0. The Morgan fingerprint density at radius 1 is 1.08 bits per heavy atom. The highest BCUT2D eigenvalue weighted by Crippen LogP contribution is 2.43. The third-order valence-electron chi connectivity index (χ3n) is 7.00. The summed E-state index contributed by atoms with van der Waals surface area (Å²) in [5, 5.41) is 12.3. The van der Waals surface area contributed by atoms with Crippen molar-refractivity contribution in [3.63, 3.8) is 0 Å². The van der Waals surface area contributed by atoms with Gasteiger partial charge in [-0.1, -0.05) is 60.1 Å². The number of para-hydroxylation sites is 1. The number of nitrogens with zero attached hydrogens (tertiary/aromatic N) is 1. The number of hydrogen-bond donors (Lipinski definition) is 2. The van der Waals surface area contributed by atoms with Crippen molar-refractivity contribution in [1.29, 1.82) is 0 Å². The van der Waals surface area contributed by atoms with Crippen LogP contribution in [0, 0.1) is 13.8 Å². The molecule has 36 heavy (non-hydrogen) atoms. The number of H-pyrrole nitrogens is 1. The second-order valence-corrected chi connectivity index (χ2v) is 9.95. The number of benzene rings is 3. The van der Waals surface area contributed by atoms with Gasteiger partial charge in [0.25, 0.3) is 5.91 Å². The molecule has 2 N–H and O–H groups in total. The molecule has 0 spiro atoms. The van der Waals surface area contributed by atoms with Crippen molar-refractivity contribution in [2.75, 3.05) is 0 Å². The third-order valence-corrected chi connectivity index (χ3v) is 7.82. The van der Waals surface area contributed by atoms with Crippen LogP contribution < -0.4 is 0 Å². The molecule has 4 aromatic rings. The fourth-order valence-corrected chi connectivity index (χ4v) is 5.50. The van der Waals surface area contributed by atoms with Gasteiger partial charge in [0.2, 0.25) is 0 Å². The van der Waals surface area contributed by atoms with Gasteiger partial charge < -0.3 is 19.8 Å². The molecule has 1 aliphatic heterocycles. The predicted octanol–water partition coefficient (Wildman–Crippen LogP) is 6.98. The number of aliphatic hydroxyl groups excluding tert-OH is 1. The Bertz CT molecular complexity index is 1560. The van der Waals surface area contributed by atoms with E-state index in [2.05, 4.69) is 11.6 Å². The number of aldehydes is 1. The first-order valence-electron chi connectivity index (χ1n) is 11.5. The summed E-state index contributed by atoms with van der Waals surface area (Å²) in [6, 6.07) is 15.2. The van der Waals surface area contributed by atoms with Gasteiger partial charge in [-0.15, -0.1) is 0 Å². The average molecular weight is 519 g/mol. The highest BCUT2D eigenvalue weighted by Gasteiger charge is 2.42. The van der Waals surface area contributed by atoms with Gasteiger partial charge in [-0.3, -0.25) is 4.79 Å². The van der Waals surface area contributed by atoms with Gasteiger partial charge in [-0.05, 0) is 60.4 Å². The van der Waals surface area contributed by atoms with E-state index >= 15 is 0 Å². The lowest BCUT2D eigenvalue weighted by Crippen LogP contribution is -2.49. The van der Waals surface area contributed by atoms with Gasteiger partial charge in [0.05, 0.1) is 17.6 Å². The molecule has 5 rings (SSSR count). The molecule has 0 radical (unpaired) electrons. The molecule has 2 atom stereocenters. The molecule has 1 aromatic heterocycles. The number of aliphatic hydroxyl groups is 1. The molecule has 2 heterocycles. The zero-order valence-corrected chi connectivity index (χ0v) is 21.3. The van der Waals surface area contributed by atoms with Crippen molar-refractivity contribution in [2.24, 2.45) is 0 Å². The fourth-order valence-electron chi connectivity index (χ4n) is 5.16. The Morgan fingerprint density at radius 3 is 2.56 bits per heavy atom. The normalized spacial score (nSPS) is 17.2. The number of amides is 1. The number of rotatable bonds is 4. The fraction of sp³-hybridized carbons (Fsp3) is 0.172. The molecule has 5 nitrogen and oxygen atoms in total. The third kappa shape index (κ3) is 3.80. The number of hydrogen-bond acceptors (Lipinski definition) is 3. The lowest BCUT2D eigenvalue weighted by atomic mass is 9.86. The molecule has 1 aliphatic rings. The molecule has 182 valence electrons. The van der Waals surface area contributed by atoms with Crippen LogP contribution in [-0.4, -0.2) is 33.2 Å². The summed E-state index contributed by atoms with van der Waals surface area (Å²) in [5.74, 6) is -0.688. The van der Waals surface area contributed by atoms with Crippen LogP contribution in [0.1, 0.15) is 49.9 Å². The van der Waals surface area contributed by atoms with Crippen molar-refractivity contribution in [1.82, 2.24) is 9.88 Å². The lowest BCUT2D eigenvalue weighted by Gasteiger charge is -2.41. The number of nitrogens with one attached hydrogen (secondary N) is 1. The summed E-state index contributed by atoms with van der Waals surface area (Å²) >= 11 is 12.9. The smallest absolute Gasteiger partial charge is 0.256 e. The largest absolute Gasteiger partial charge is 0.508 e. The molecule has 7 heteroatoms. The Labute approximate surface area is 219 Å². The number of halogens is 2. The van der Waals surface area contributed by atoms with E-state index in [1.165, 1.54) is 6.07 Å². The molecule has 0 saturated carbocycles. The lowest BCUT2D eigenvalue weighted by molar-refractivity contribution is -0.112. The SMILES string of the molecule is C=C(O)c1cc(C)c(Cl)cc1C(=O)N1C(C=O)Cc2c([nH]c3ccccc23)C1c1cccc(Cl)c1C. The van der Waals surface area contributed by atoms with Crippen LogP contribution in [-0.2, 0) is 11.2 Å². The first-order valence-corrected chi connectivity index (χ1v) is 12.3. The van der Waals surface area contributed by atoms with E-state index in [0.29, 0.717) is 22.0 Å². The Morgan fingerprint density at radius 2 is 1.83 bits per heavy atom. The summed E-state index contributed by atoms with van der Waals surface area (Å²) in [6.45, 7) is 7.32. The van der Waals surface area contributed by atoms with E-state index in [0.717, 1.165) is 39.6 Å². The van der Waals surface area contributed by atoms with Crippen molar-refractivity contribution >= 4 is 52.1 Å². The Hall–Kier alpha value is -3.54. The molecule has 2 unspecified atom stereocenters. The second-order valence-electron chi connectivity index (χ2n) is 9.13. The number of carbonyl (C=O) groups is 2. The van der Waals surface area contributed by atoms with Gasteiger partial charge in [0, 0.05) is 38.6 Å². The zero-order chi connectivity index (χ0) is 25.7. The first-order chi connectivity index (χ1) is 17.2. The number of fused-ring (bicyclic) bond motifs is 3. The molecule has 0 bridgehead atoms. The van der Waals surface area contributed by atoms with Crippen molar-refractivity contribution in [2.45, 2.75) is 32.4 Å². The maximum atomic E-state index is 14.3. The predicted molar refractivity (Wildman–Crippen MR) is 144 cm³/mol. The van der Waals surface area contributed by atoms with E-state index in [1.807, 2.05) is 43.3 Å².